The van der Waals surface area contributed by atoms with Crippen molar-refractivity contribution in [3.8, 4) is 0 Å². The van der Waals surface area contributed by atoms with Crippen LogP contribution in [0, 0.1) is 6.92 Å². The van der Waals surface area contributed by atoms with Crippen LogP contribution in [0.2, 0.25) is 0 Å². The van der Waals surface area contributed by atoms with Crippen molar-refractivity contribution in [1.82, 2.24) is 0 Å². The SMILES string of the molecule is Cc1cc(=O)cc(B2OC(C)(C)C(C)(C)O2)o1. The van der Waals surface area contributed by atoms with Crippen molar-refractivity contribution in [2.75, 3.05) is 0 Å². The molecule has 0 atom stereocenters. The summed E-state index contributed by atoms with van der Waals surface area (Å²) >= 11 is 0. The molecule has 5 heteroatoms. The van der Waals surface area contributed by atoms with Crippen LogP contribution in [0.15, 0.2) is 21.3 Å². The van der Waals surface area contributed by atoms with Crippen LogP contribution < -0.4 is 11.1 Å². The first kappa shape index (κ1) is 12.4. The van der Waals surface area contributed by atoms with E-state index in [-0.39, 0.29) is 5.43 Å². The van der Waals surface area contributed by atoms with Crippen LogP contribution in [0.5, 0.6) is 0 Å². The molecule has 1 aromatic heterocycles. The van der Waals surface area contributed by atoms with Crippen LogP contribution >= 0.6 is 0 Å². The molecule has 0 aliphatic carbocycles. The van der Waals surface area contributed by atoms with E-state index in [0.29, 0.717) is 11.4 Å². The Labute approximate surface area is 101 Å². The van der Waals surface area contributed by atoms with Crippen LogP contribution in [0.4, 0.5) is 0 Å². The van der Waals surface area contributed by atoms with Gasteiger partial charge in [0.2, 0.25) is 0 Å². The molecule has 0 amide bonds. The summed E-state index contributed by atoms with van der Waals surface area (Å²) in [5.41, 5.74) is -0.535. The fourth-order valence-corrected chi connectivity index (χ4v) is 1.70. The number of hydrogen-bond donors (Lipinski definition) is 0. The van der Waals surface area contributed by atoms with E-state index in [2.05, 4.69) is 0 Å². The van der Waals surface area contributed by atoms with Crippen LogP contribution in [0.3, 0.4) is 0 Å². The van der Waals surface area contributed by atoms with E-state index in [1.807, 2.05) is 27.7 Å². The van der Waals surface area contributed by atoms with E-state index in [1.54, 1.807) is 6.92 Å². The molecule has 0 aromatic carbocycles. The van der Waals surface area contributed by atoms with Gasteiger partial charge in [-0.15, -0.1) is 0 Å². The van der Waals surface area contributed by atoms with E-state index in [4.69, 9.17) is 13.7 Å². The molecule has 1 fully saturated rings. The minimum Gasteiger partial charge on any atom is -0.470 e. The molecule has 2 heterocycles. The quantitative estimate of drug-likeness (QED) is 0.688. The molecule has 0 saturated carbocycles. The highest BCUT2D eigenvalue weighted by Gasteiger charge is 2.53. The van der Waals surface area contributed by atoms with E-state index >= 15 is 0 Å². The van der Waals surface area contributed by atoms with Gasteiger partial charge in [-0.1, -0.05) is 0 Å². The summed E-state index contributed by atoms with van der Waals surface area (Å²) in [5, 5.41) is 0. The Kier molecular flexibility index (Phi) is 2.71. The van der Waals surface area contributed by atoms with Gasteiger partial charge in [0.1, 0.15) is 11.4 Å². The lowest BCUT2D eigenvalue weighted by Crippen LogP contribution is -2.41. The fourth-order valence-electron chi connectivity index (χ4n) is 1.70. The molecule has 4 nitrogen and oxygen atoms in total. The van der Waals surface area contributed by atoms with Crippen LogP contribution in [-0.4, -0.2) is 18.3 Å². The molecule has 0 unspecified atom stereocenters. The van der Waals surface area contributed by atoms with Gasteiger partial charge in [-0.3, -0.25) is 4.79 Å². The van der Waals surface area contributed by atoms with Crippen molar-refractivity contribution in [3.63, 3.8) is 0 Å². The van der Waals surface area contributed by atoms with Crippen LogP contribution in [0.1, 0.15) is 33.5 Å². The molecular formula is C12H17BO4. The Morgan fingerprint density at radius 3 is 2.06 bits per heavy atom. The summed E-state index contributed by atoms with van der Waals surface area (Å²) in [7, 11) is -0.618. The normalized spacial score (nSPS) is 21.8. The van der Waals surface area contributed by atoms with Gasteiger partial charge in [0.25, 0.3) is 0 Å². The zero-order valence-electron chi connectivity index (χ0n) is 10.9. The molecule has 0 spiro atoms. The van der Waals surface area contributed by atoms with Gasteiger partial charge in [0.05, 0.1) is 11.2 Å². The smallest absolute Gasteiger partial charge is 0.470 e. The van der Waals surface area contributed by atoms with E-state index < -0.39 is 18.3 Å². The third kappa shape index (κ3) is 2.17. The minimum absolute atomic E-state index is 0.0986. The average Bonchev–Trinajstić information content (AvgIpc) is 2.34. The molecular weight excluding hydrogens is 219 g/mol. The third-order valence-electron chi connectivity index (χ3n) is 3.39. The van der Waals surface area contributed by atoms with E-state index in [9.17, 15) is 4.79 Å². The van der Waals surface area contributed by atoms with Gasteiger partial charge in [0.15, 0.2) is 5.43 Å². The summed E-state index contributed by atoms with van der Waals surface area (Å²) in [6.45, 7) is 9.57. The van der Waals surface area contributed by atoms with Crippen molar-refractivity contribution in [2.24, 2.45) is 0 Å². The van der Waals surface area contributed by atoms with E-state index in [1.165, 1.54) is 12.1 Å². The standard InChI is InChI=1S/C12H17BO4/c1-8-6-9(14)7-10(15-8)13-16-11(2,3)12(4,5)17-13/h6-7H,1-5H3. The molecule has 1 aromatic rings. The second kappa shape index (κ2) is 3.72. The van der Waals surface area contributed by atoms with Crippen molar-refractivity contribution >= 4 is 12.8 Å². The van der Waals surface area contributed by atoms with Crippen LogP contribution in [-0.2, 0) is 9.31 Å². The Morgan fingerprint density at radius 2 is 1.59 bits per heavy atom. The first-order valence-electron chi connectivity index (χ1n) is 5.69. The number of rotatable bonds is 1. The summed E-state index contributed by atoms with van der Waals surface area (Å²) < 4.78 is 17.1. The lowest BCUT2D eigenvalue weighted by Gasteiger charge is -2.32. The van der Waals surface area contributed by atoms with Gasteiger partial charge >= 0.3 is 7.12 Å². The summed E-state index contributed by atoms with van der Waals surface area (Å²) in [6.07, 6.45) is 0. The van der Waals surface area contributed by atoms with Crippen molar-refractivity contribution in [2.45, 2.75) is 45.8 Å². The number of hydrogen-bond acceptors (Lipinski definition) is 4. The maximum atomic E-state index is 11.4. The highest BCUT2D eigenvalue weighted by molar-refractivity contribution is 6.60. The maximum absolute atomic E-state index is 11.4. The van der Waals surface area contributed by atoms with Crippen molar-refractivity contribution in [3.05, 3.63) is 28.1 Å². The average molecular weight is 236 g/mol. The minimum atomic E-state index is -0.618. The molecule has 17 heavy (non-hydrogen) atoms. The largest absolute Gasteiger partial charge is 0.532 e. The molecule has 0 bridgehead atoms. The van der Waals surface area contributed by atoms with Gasteiger partial charge < -0.3 is 13.7 Å². The van der Waals surface area contributed by atoms with Gasteiger partial charge in [-0.25, -0.2) is 0 Å². The van der Waals surface area contributed by atoms with Crippen molar-refractivity contribution in [1.29, 1.82) is 0 Å². The highest BCUT2D eigenvalue weighted by atomic mass is 16.7. The monoisotopic (exact) mass is 236 g/mol. The second-order valence-electron chi connectivity index (χ2n) is 5.39. The summed E-state index contributed by atoms with van der Waals surface area (Å²) in [4.78, 5) is 11.4. The Hall–Kier alpha value is -1.07. The Bertz CT molecular complexity index is 474. The second-order valence-corrected chi connectivity index (χ2v) is 5.39. The predicted molar refractivity (Wildman–Crippen MR) is 65.4 cm³/mol. The first-order chi connectivity index (χ1) is 7.71. The van der Waals surface area contributed by atoms with E-state index in [0.717, 1.165) is 0 Å². The summed E-state index contributed by atoms with van der Waals surface area (Å²) in [6, 6.07) is 2.85. The first-order valence-corrected chi connectivity index (χ1v) is 5.69. The number of aryl methyl sites for hydroxylation is 1. The molecule has 1 saturated heterocycles. The molecule has 0 N–H and O–H groups in total. The predicted octanol–water partition coefficient (Wildman–Crippen LogP) is 1.25. The lowest BCUT2D eigenvalue weighted by molar-refractivity contribution is 0.00578. The molecule has 2 rings (SSSR count). The third-order valence-corrected chi connectivity index (χ3v) is 3.39. The van der Waals surface area contributed by atoms with Gasteiger partial charge in [0, 0.05) is 12.1 Å². The Balaban J connectivity index is 2.35. The molecule has 1 aliphatic heterocycles. The molecule has 92 valence electrons. The van der Waals surface area contributed by atoms with Crippen molar-refractivity contribution < 1.29 is 13.7 Å². The maximum Gasteiger partial charge on any atom is 0.532 e. The fraction of sp³-hybridized carbons (Fsp3) is 0.583. The zero-order valence-corrected chi connectivity index (χ0v) is 10.9. The van der Waals surface area contributed by atoms with Gasteiger partial charge in [-0.05, 0) is 34.6 Å². The Morgan fingerprint density at radius 1 is 1.06 bits per heavy atom. The van der Waals surface area contributed by atoms with Crippen LogP contribution in [0.25, 0.3) is 0 Å². The lowest BCUT2D eigenvalue weighted by atomic mass is 9.85. The summed E-state index contributed by atoms with van der Waals surface area (Å²) in [5.74, 6) is 0.558. The molecule has 0 radical (unpaired) electrons. The topological polar surface area (TPSA) is 48.7 Å². The van der Waals surface area contributed by atoms with Gasteiger partial charge in [-0.2, -0.15) is 0 Å². The zero-order chi connectivity index (χ0) is 12.8. The molecule has 1 aliphatic rings. The highest BCUT2D eigenvalue weighted by Crippen LogP contribution is 2.36.